The Morgan fingerprint density at radius 3 is 3.00 bits per heavy atom. The van der Waals surface area contributed by atoms with Gasteiger partial charge in [-0.25, -0.2) is 0 Å². The highest BCUT2D eigenvalue weighted by molar-refractivity contribution is 4.98. The standard InChI is InChI=1S/C14H28N2O2/c1-3-12-9-14(11-15,6-8-18-12)16-7-4-5-13(10-16)17-2/h12-13H,3-11,15H2,1-2H3. The number of methoxy groups -OCH3 is 1. The van der Waals surface area contributed by atoms with Crippen LogP contribution in [0.2, 0.25) is 0 Å². The zero-order valence-corrected chi connectivity index (χ0v) is 11.9. The molecule has 0 saturated carbocycles. The molecule has 0 aromatic carbocycles. The van der Waals surface area contributed by atoms with E-state index < -0.39 is 0 Å². The first-order valence-corrected chi connectivity index (χ1v) is 7.33. The molecule has 0 radical (unpaired) electrons. The number of likely N-dealkylation sites (tertiary alicyclic amines) is 1. The highest BCUT2D eigenvalue weighted by Gasteiger charge is 2.42. The summed E-state index contributed by atoms with van der Waals surface area (Å²) in [6, 6.07) is 0. The van der Waals surface area contributed by atoms with Crippen molar-refractivity contribution in [3.05, 3.63) is 0 Å². The zero-order valence-electron chi connectivity index (χ0n) is 11.9. The summed E-state index contributed by atoms with van der Waals surface area (Å²) in [5.41, 5.74) is 6.28. The van der Waals surface area contributed by atoms with Gasteiger partial charge in [0.15, 0.2) is 0 Å². The zero-order chi connectivity index (χ0) is 13.0. The molecule has 0 aromatic rings. The maximum absolute atomic E-state index is 6.13. The Kier molecular flexibility index (Phi) is 5.01. The summed E-state index contributed by atoms with van der Waals surface area (Å²) in [4.78, 5) is 2.58. The predicted molar refractivity (Wildman–Crippen MR) is 72.7 cm³/mol. The average Bonchev–Trinajstić information content (AvgIpc) is 2.47. The van der Waals surface area contributed by atoms with Gasteiger partial charge in [0.1, 0.15) is 0 Å². The Labute approximate surface area is 111 Å². The van der Waals surface area contributed by atoms with Crippen molar-refractivity contribution in [2.45, 2.75) is 56.8 Å². The van der Waals surface area contributed by atoms with Crippen molar-refractivity contribution in [3.8, 4) is 0 Å². The van der Waals surface area contributed by atoms with Gasteiger partial charge in [0.05, 0.1) is 12.2 Å². The molecule has 3 unspecified atom stereocenters. The van der Waals surface area contributed by atoms with E-state index in [2.05, 4.69) is 11.8 Å². The van der Waals surface area contributed by atoms with Crippen LogP contribution in [0.3, 0.4) is 0 Å². The Morgan fingerprint density at radius 2 is 2.33 bits per heavy atom. The Hall–Kier alpha value is -0.160. The lowest BCUT2D eigenvalue weighted by Gasteiger charge is -2.50. The van der Waals surface area contributed by atoms with Crippen LogP contribution in [0.1, 0.15) is 39.0 Å². The molecule has 2 fully saturated rings. The van der Waals surface area contributed by atoms with Gasteiger partial charge in [-0.3, -0.25) is 4.90 Å². The summed E-state index contributed by atoms with van der Waals surface area (Å²) >= 11 is 0. The normalized spacial score (nSPS) is 38.8. The summed E-state index contributed by atoms with van der Waals surface area (Å²) in [7, 11) is 1.82. The van der Waals surface area contributed by atoms with Crippen LogP contribution >= 0.6 is 0 Å². The Morgan fingerprint density at radius 1 is 1.50 bits per heavy atom. The van der Waals surface area contributed by atoms with Gasteiger partial charge in [0.25, 0.3) is 0 Å². The van der Waals surface area contributed by atoms with Crippen LogP contribution in [0.5, 0.6) is 0 Å². The van der Waals surface area contributed by atoms with Crippen molar-refractivity contribution in [1.29, 1.82) is 0 Å². The monoisotopic (exact) mass is 256 g/mol. The van der Waals surface area contributed by atoms with E-state index in [0.29, 0.717) is 12.2 Å². The van der Waals surface area contributed by atoms with Gasteiger partial charge >= 0.3 is 0 Å². The number of piperidine rings is 1. The first-order valence-electron chi connectivity index (χ1n) is 7.33. The Bertz CT molecular complexity index is 262. The summed E-state index contributed by atoms with van der Waals surface area (Å²) in [5.74, 6) is 0. The lowest BCUT2D eigenvalue weighted by Crippen LogP contribution is -2.61. The van der Waals surface area contributed by atoms with E-state index in [1.54, 1.807) is 0 Å². The van der Waals surface area contributed by atoms with Crippen molar-refractivity contribution >= 4 is 0 Å². The molecule has 18 heavy (non-hydrogen) atoms. The number of rotatable bonds is 4. The van der Waals surface area contributed by atoms with Crippen LogP contribution in [-0.4, -0.2) is 56.0 Å². The number of hydrogen-bond acceptors (Lipinski definition) is 4. The van der Waals surface area contributed by atoms with E-state index in [9.17, 15) is 0 Å². The summed E-state index contributed by atoms with van der Waals surface area (Å²) < 4.78 is 11.4. The number of nitrogens with two attached hydrogens (primary N) is 1. The van der Waals surface area contributed by atoms with Crippen molar-refractivity contribution in [3.63, 3.8) is 0 Å². The molecule has 2 saturated heterocycles. The molecule has 0 aliphatic carbocycles. The first kappa shape index (κ1) is 14.3. The minimum Gasteiger partial charge on any atom is -0.380 e. The summed E-state index contributed by atoms with van der Waals surface area (Å²) in [6.07, 6.45) is 6.39. The van der Waals surface area contributed by atoms with Crippen LogP contribution in [-0.2, 0) is 9.47 Å². The maximum Gasteiger partial charge on any atom is 0.0698 e. The van der Waals surface area contributed by atoms with Gasteiger partial charge in [-0.05, 0) is 38.6 Å². The second kappa shape index (κ2) is 6.33. The van der Waals surface area contributed by atoms with Crippen molar-refractivity contribution in [1.82, 2.24) is 4.90 Å². The SMILES string of the molecule is CCC1CC(CN)(N2CCCC(OC)C2)CCO1. The van der Waals surface area contributed by atoms with Gasteiger partial charge in [0, 0.05) is 32.3 Å². The van der Waals surface area contributed by atoms with E-state index in [4.69, 9.17) is 15.2 Å². The molecular weight excluding hydrogens is 228 g/mol. The van der Waals surface area contributed by atoms with Gasteiger partial charge in [-0.1, -0.05) is 6.92 Å². The van der Waals surface area contributed by atoms with E-state index in [0.717, 1.165) is 45.5 Å². The van der Waals surface area contributed by atoms with Gasteiger partial charge in [0.2, 0.25) is 0 Å². The van der Waals surface area contributed by atoms with Crippen LogP contribution < -0.4 is 5.73 Å². The Balaban J connectivity index is 2.05. The largest absolute Gasteiger partial charge is 0.380 e. The fraction of sp³-hybridized carbons (Fsp3) is 1.00. The molecule has 2 rings (SSSR count). The van der Waals surface area contributed by atoms with Crippen LogP contribution in [0.25, 0.3) is 0 Å². The topological polar surface area (TPSA) is 47.7 Å². The number of ether oxygens (including phenoxy) is 2. The van der Waals surface area contributed by atoms with E-state index in [-0.39, 0.29) is 5.54 Å². The molecule has 2 aliphatic rings. The van der Waals surface area contributed by atoms with Gasteiger partial charge in [-0.2, -0.15) is 0 Å². The van der Waals surface area contributed by atoms with E-state index in [1.165, 1.54) is 12.8 Å². The summed E-state index contributed by atoms with van der Waals surface area (Å²) in [5, 5.41) is 0. The fourth-order valence-electron chi connectivity index (χ4n) is 3.43. The second-order valence-corrected chi connectivity index (χ2v) is 5.73. The third-order valence-electron chi connectivity index (χ3n) is 4.75. The van der Waals surface area contributed by atoms with Crippen LogP contribution in [0, 0.1) is 0 Å². The predicted octanol–water partition coefficient (Wildman–Crippen LogP) is 1.38. The molecule has 2 heterocycles. The van der Waals surface area contributed by atoms with Crippen LogP contribution in [0.15, 0.2) is 0 Å². The number of hydrogen-bond donors (Lipinski definition) is 1. The highest BCUT2D eigenvalue weighted by Crippen LogP contribution is 2.33. The minimum atomic E-state index is 0.149. The first-order chi connectivity index (χ1) is 8.74. The van der Waals surface area contributed by atoms with Crippen LogP contribution in [0.4, 0.5) is 0 Å². The van der Waals surface area contributed by atoms with Crippen molar-refractivity contribution in [2.24, 2.45) is 5.73 Å². The quantitative estimate of drug-likeness (QED) is 0.825. The molecule has 3 atom stereocenters. The molecule has 4 nitrogen and oxygen atoms in total. The molecule has 0 amide bonds. The molecule has 2 N–H and O–H groups in total. The molecule has 106 valence electrons. The van der Waals surface area contributed by atoms with Gasteiger partial charge < -0.3 is 15.2 Å². The van der Waals surface area contributed by atoms with Gasteiger partial charge in [-0.15, -0.1) is 0 Å². The molecule has 0 spiro atoms. The minimum absolute atomic E-state index is 0.149. The number of nitrogens with zero attached hydrogens (tertiary/aromatic N) is 1. The van der Waals surface area contributed by atoms with Crippen molar-refractivity contribution in [2.75, 3.05) is 33.4 Å². The highest BCUT2D eigenvalue weighted by atomic mass is 16.5. The second-order valence-electron chi connectivity index (χ2n) is 5.73. The molecule has 4 heteroatoms. The molecule has 0 bridgehead atoms. The smallest absolute Gasteiger partial charge is 0.0698 e. The fourth-order valence-corrected chi connectivity index (χ4v) is 3.43. The molecular formula is C14H28N2O2. The lowest BCUT2D eigenvalue weighted by atomic mass is 9.82. The third kappa shape index (κ3) is 2.87. The van der Waals surface area contributed by atoms with E-state index >= 15 is 0 Å². The molecule has 2 aliphatic heterocycles. The van der Waals surface area contributed by atoms with Crippen molar-refractivity contribution < 1.29 is 9.47 Å². The maximum atomic E-state index is 6.13. The summed E-state index contributed by atoms with van der Waals surface area (Å²) in [6.45, 7) is 5.98. The molecule has 0 aromatic heterocycles. The van der Waals surface area contributed by atoms with E-state index in [1.807, 2.05) is 7.11 Å². The lowest BCUT2D eigenvalue weighted by molar-refractivity contribution is -0.0941. The third-order valence-corrected chi connectivity index (χ3v) is 4.75. The average molecular weight is 256 g/mol.